The van der Waals surface area contributed by atoms with Crippen molar-refractivity contribution in [2.24, 2.45) is 5.92 Å². The highest BCUT2D eigenvalue weighted by Gasteiger charge is 2.33. The highest BCUT2D eigenvalue weighted by Crippen LogP contribution is 2.48. The average Bonchev–Trinajstić information content (AvgIpc) is 3.03. The number of pyridine rings is 2. The van der Waals surface area contributed by atoms with Gasteiger partial charge in [0.25, 0.3) is 0 Å². The normalized spacial score (nSPS) is 17.7. The third kappa shape index (κ3) is 3.51. The summed E-state index contributed by atoms with van der Waals surface area (Å²) < 4.78 is 0. The molecule has 4 aromatic carbocycles. The first-order valence-electron chi connectivity index (χ1n) is 14.1. The lowest BCUT2D eigenvalue weighted by atomic mass is 9.70. The molecule has 0 bridgehead atoms. The number of hydrogen-bond donors (Lipinski definition) is 0. The van der Waals surface area contributed by atoms with E-state index in [1.165, 1.54) is 38.3 Å². The van der Waals surface area contributed by atoms with Gasteiger partial charge in [0.05, 0.1) is 22.4 Å². The van der Waals surface area contributed by atoms with Gasteiger partial charge in [-0.2, -0.15) is 0 Å². The zero-order chi connectivity index (χ0) is 26.9. The van der Waals surface area contributed by atoms with E-state index in [1.54, 1.807) is 0 Å². The molecule has 0 aliphatic heterocycles. The van der Waals surface area contributed by atoms with Gasteiger partial charge in [-0.15, -0.1) is 0 Å². The van der Waals surface area contributed by atoms with Gasteiger partial charge >= 0.3 is 0 Å². The second-order valence-electron chi connectivity index (χ2n) is 11.0. The largest absolute Gasteiger partial charge is 0.248 e. The minimum absolute atomic E-state index is 0.170. The van der Waals surface area contributed by atoms with E-state index in [1.807, 2.05) is 0 Å². The van der Waals surface area contributed by atoms with Crippen molar-refractivity contribution in [1.82, 2.24) is 9.97 Å². The zero-order valence-corrected chi connectivity index (χ0v) is 22.3. The molecule has 190 valence electrons. The molecule has 1 unspecified atom stereocenters. The van der Waals surface area contributed by atoms with Gasteiger partial charge in [0, 0.05) is 27.8 Å². The van der Waals surface area contributed by atoms with Gasteiger partial charge in [0.15, 0.2) is 0 Å². The summed E-state index contributed by atoms with van der Waals surface area (Å²) in [5.74, 6) is 0.170. The zero-order valence-electron chi connectivity index (χ0n) is 22.3. The van der Waals surface area contributed by atoms with Crippen LogP contribution in [0, 0.1) is 5.92 Å². The number of hydrogen-bond acceptors (Lipinski definition) is 2. The van der Waals surface area contributed by atoms with Crippen molar-refractivity contribution >= 4 is 54.5 Å². The van der Waals surface area contributed by atoms with Gasteiger partial charge in [0.1, 0.15) is 0 Å². The third-order valence-electron chi connectivity index (χ3n) is 8.66. The summed E-state index contributed by atoms with van der Waals surface area (Å²) in [6.45, 7) is 0. The van der Waals surface area contributed by atoms with Crippen LogP contribution < -0.4 is 0 Å². The summed E-state index contributed by atoms with van der Waals surface area (Å²) >= 11 is 0. The minimum atomic E-state index is 0.170. The van der Waals surface area contributed by atoms with Crippen molar-refractivity contribution in [3.8, 4) is 0 Å². The molecule has 0 radical (unpaired) electrons. The van der Waals surface area contributed by atoms with E-state index in [9.17, 15) is 0 Å². The molecule has 1 atom stereocenters. The maximum Gasteiger partial charge on any atom is 0.0715 e. The Bertz CT molecular complexity index is 2310. The molecule has 0 fully saturated rings. The lowest BCUT2D eigenvalue weighted by Gasteiger charge is -2.34. The second kappa shape index (κ2) is 8.58. The van der Waals surface area contributed by atoms with E-state index >= 15 is 0 Å². The van der Waals surface area contributed by atoms with E-state index in [0.29, 0.717) is 0 Å². The third-order valence-corrected chi connectivity index (χ3v) is 8.66. The molecule has 0 N–H and O–H groups in total. The first-order chi connectivity index (χ1) is 20.3. The summed E-state index contributed by atoms with van der Waals surface area (Å²) in [6.07, 6.45) is 15.6. The van der Waals surface area contributed by atoms with Crippen molar-refractivity contribution in [3.63, 3.8) is 0 Å². The summed E-state index contributed by atoms with van der Waals surface area (Å²) in [5.41, 5.74) is 10.2. The smallest absolute Gasteiger partial charge is 0.0715 e. The van der Waals surface area contributed by atoms with Crippen LogP contribution in [0.3, 0.4) is 0 Å². The SMILES string of the molecule is C1=CC2=CC=CC3=C(c4ccc5cc6ccccc6cc5n4)C=C(c4ccc5cc6ccccc6cc5n4)C(=C1)C23. The first-order valence-corrected chi connectivity index (χ1v) is 14.1. The Balaban J connectivity index is 1.26. The maximum atomic E-state index is 5.23. The number of aromatic nitrogens is 2. The molecule has 2 heteroatoms. The number of nitrogens with zero attached hydrogens (tertiary/aromatic N) is 2. The quantitative estimate of drug-likeness (QED) is 0.212. The maximum absolute atomic E-state index is 5.23. The second-order valence-corrected chi connectivity index (χ2v) is 11.0. The predicted octanol–water partition coefficient (Wildman–Crippen LogP) is 9.55. The van der Waals surface area contributed by atoms with Crippen molar-refractivity contribution < 1.29 is 0 Å². The van der Waals surface area contributed by atoms with Crippen LogP contribution in [0.2, 0.25) is 0 Å². The van der Waals surface area contributed by atoms with Gasteiger partial charge in [-0.05, 0) is 80.7 Å². The molecule has 2 aromatic heterocycles. The Morgan fingerprint density at radius 2 is 1.10 bits per heavy atom. The van der Waals surface area contributed by atoms with Crippen LogP contribution in [0.5, 0.6) is 0 Å². The average molecular weight is 521 g/mol. The van der Waals surface area contributed by atoms with E-state index < -0.39 is 0 Å². The highest BCUT2D eigenvalue weighted by atomic mass is 14.7. The van der Waals surface area contributed by atoms with Crippen LogP contribution >= 0.6 is 0 Å². The first kappa shape index (κ1) is 22.5. The fourth-order valence-electron chi connectivity index (χ4n) is 6.66. The van der Waals surface area contributed by atoms with E-state index in [2.05, 4.69) is 140 Å². The van der Waals surface area contributed by atoms with Gasteiger partial charge in [-0.1, -0.05) is 97.1 Å². The number of fused-ring (bicyclic) bond motifs is 4. The van der Waals surface area contributed by atoms with E-state index in [4.69, 9.17) is 9.97 Å². The highest BCUT2D eigenvalue weighted by molar-refractivity contribution is 6.02. The molecule has 2 heterocycles. The molecule has 6 aromatic rings. The van der Waals surface area contributed by atoms with E-state index in [-0.39, 0.29) is 5.92 Å². The van der Waals surface area contributed by atoms with Gasteiger partial charge < -0.3 is 0 Å². The molecular formula is C39H24N2. The lowest BCUT2D eigenvalue weighted by molar-refractivity contribution is 0.886. The van der Waals surface area contributed by atoms with Gasteiger partial charge in [0.2, 0.25) is 0 Å². The molecule has 9 rings (SSSR count). The van der Waals surface area contributed by atoms with Crippen molar-refractivity contribution in [3.05, 3.63) is 168 Å². The van der Waals surface area contributed by atoms with Gasteiger partial charge in [-0.25, -0.2) is 9.97 Å². The molecule has 2 nitrogen and oxygen atoms in total. The van der Waals surface area contributed by atoms with Crippen molar-refractivity contribution in [2.75, 3.05) is 0 Å². The number of benzene rings is 4. The molecular weight excluding hydrogens is 496 g/mol. The van der Waals surface area contributed by atoms with Crippen LogP contribution in [-0.4, -0.2) is 9.97 Å². The molecule has 0 amide bonds. The number of allylic oxidation sites excluding steroid dienone is 12. The van der Waals surface area contributed by atoms with Crippen molar-refractivity contribution in [2.45, 2.75) is 0 Å². The Kier molecular flexibility index (Phi) is 4.70. The fourth-order valence-corrected chi connectivity index (χ4v) is 6.66. The van der Waals surface area contributed by atoms with Crippen LogP contribution in [0.1, 0.15) is 11.4 Å². The summed E-state index contributed by atoms with van der Waals surface area (Å²) in [5, 5.41) is 7.20. The molecule has 3 aliphatic rings. The van der Waals surface area contributed by atoms with Crippen LogP contribution in [0.4, 0.5) is 0 Å². The fraction of sp³-hybridized carbons (Fsp3) is 0.0256. The van der Waals surface area contributed by atoms with E-state index in [0.717, 1.165) is 44.3 Å². The van der Waals surface area contributed by atoms with Gasteiger partial charge in [-0.3, -0.25) is 0 Å². The Hall–Kier alpha value is -5.34. The predicted molar refractivity (Wildman–Crippen MR) is 171 cm³/mol. The molecule has 3 aliphatic carbocycles. The Morgan fingerprint density at radius 3 is 1.78 bits per heavy atom. The summed E-state index contributed by atoms with van der Waals surface area (Å²) in [7, 11) is 0. The molecule has 41 heavy (non-hydrogen) atoms. The topological polar surface area (TPSA) is 25.8 Å². The summed E-state index contributed by atoms with van der Waals surface area (Å²) in [6, 6.07) is 34.6. The number of rotatable bonds is 2. The molecule has 0 saturated carbocycles. The van der Waals surface area contributed by atoms with Crippen LogP contribution in [0.25, 0.3) is 54.5 Å². The van der Waals surface area contributed by atoms with Crippen LogP contribution in [-0.2, 0) is 0 Å². The van der Waals surface area contributed by atoms with Crippen molar-refractivity contribution in [1.29, 1.82) is 0 Å². The van der Waals surface area contributed by atoms with Crippen LogP contribution in [0.15, 0.2) is 156 Å². The molecule has 0 saturated heterocycles. The molecule has 0 spiro atoms. The summed E-state index contributed by atoms with van der Waals surface area (Å²) in [4.78, 5) is 10.5. The lowest BCUT2D eigenvalue weighted by Crippen LogP contribution is -2.19. The minimum Gasteiger partial charge on any atom is -0.248 e. The standard InChI is InChI=1S/C39H24N2/c1-3-9-27-21-37-29(19-25(27)7-1)15-17-35(40-37)33-23-34(32-14-6-12-24-11-5-13-31(33)39(24)32)36-18-16-30-20-26-8-2-4-10-28(26)22-38(30)41-36/h1-23,39H. The Morgan fingerprint density at radius 1 is 0.512 bits per heavy atom. The Labute approximate surface area is 237 Å². The monoisotopic (exact) mass is 520 g/mol.